The van der Waals surface area contributed by atoms with Crippen molar-refractivity contribution in [3.05, 3.63) is 83.9 Å². The third-order valence-electron chi connectivity index (χ3n) is 5.13. The van der Waals surface area contributed by atoms with Crippen LogP contribution in [0.3, 0.4) is 0 Å². The highest BCUT2D eigenvalue weighted by atomic mass is 19.1. The molecule has 4 N–H and O–H groups in total. The Morgan fingerprint density at radius 1 is 0.970 bits per heavy atom. The quantitative estimate of drug-likeness (QED) is 0.422. The molecule has 0 radical (unpaired) electrons. The summed E-state index contributed by atoms with van der Waals surface area (Å²) in [6, 6.07) is 17.3. The molecule has 5 rings (SSSR count). The number of anilines is 2. The van der Waals surface area contributed by atoms with Gasteiger partial charge in [0.2, 0.25) is 0 Å². The lowest BCUT2D eigenvalue weighted by atomic mass is 10.1. The molecule has 0 fully saturated rings. The molecule has 33 heavy (non-hydrogen) atoms. The van der Waals surface area contributed by atoms with Gasteiger partial charge in [-0.2, -0.15) is 5.10 Å². The minimum atomic E-state index is -0.311. The molecule has 8 nitrogen and oxygen atoms in total. The van der Waals surface area contributed by atoms with Crippen LogP contribution in [0.1, 0.15) is 11.3 Å². The Balaban J connectivity index is 1.69. The summed E-state index contributed by atoms with van der Waals surface area (Å²) in [5.74, 6) is 0.948. The SMILES string of the molecule is Cc1nn(-c2ccccc2)c2ncc(-c3nc(N)cc(N)n3)c(OCc3ccc(F)cc3)c12. The molecule has 3 aromatic heterocycles. The van der Waals surface area contributed by atoms with Crippen molar-refractivity contribution < 1.29 is 9.13 Å². The van der Waals surface area contributed by atoms with Crippen LogP contribution >= 0.6 is 0 Å². The summed E-state index contributed by atoms with van der Waals surface area (Å²) in [6.45, 7) is 2.08. The summed E-state index contributed by atoms with van der Waals surface area (Å²) in [6.07, 6.45) is 1.62. The number of nitrogens with two attached hydrogens (primary N) is 2. The number of aryl methyl sites for hydroxylation is 1. The summed E-state index contributed by atoms with van der Waals surface area (Å²) in [7, 11) is 0. The minimum absolute atomic E-state index is 0.195. The molecule has 0 spiro atoms. The lowest BCUT2D eigenvalue weighted by Crippen LogP contribution is -2.04. The largest absolute Gasteiger partial charge is 0.487 e. The Morgan fingerprint density at radius 3 is 2.36 bits per heavy atom. The van der Waals surface area contributed by atoms with Crippen LogP contribution < -0.4 is 16.2 Å². The molecule has 0 aliphatic rings. The standard InChI is InChI=1S/C24H20FN7O/c1-14-21-22(33-13-15-7-9-16(25)10-8-15)18(23-29-19(26)11-20(27)30-23)12-28-24(21)32(31-14)17-5-3-2-4-6-17/h2-12H,13H2,1H3,(H4,26,27,29,30). The van der Waals surface area contributed by atoms with Crippen LogP contribution in [0.15, 0.2) is 66.9 Å². The molecule has 5 aromatic rings. The molecule has 0 saturated carbocycles. The van der Waals surface area contributed by atoms with Gasteiger partial charge in [0.1, 0.15) is 29.8 Å². The second-order valence-corrected chi connectivity index (χ2v) is 7.49. The number of benzene rings is 2. The van der Waals surface area contributed by atoms with Crippen LogP contribution in [0.4, 0.5) is 16.0 Å². The van der Waals surface area contributed by atoms with Gasteiger partial charge >= 0.3 is 0 Å². The molecule has 0 unspecified atom stereocenters. The highest BCUT2D eigenvalue weighted by Gasteiger charge is 2.22. The third kappa shape index (κ3) is 3.91. The molecule has 0 aliphatic carbocycles. The van der Waals surface area contributed by atoms with Crippen LogP contribution in [0.25, 0.3) is 28.1 Å². The van der Waals surface area contributed by atoms with Gasteiger partial charge in [-0.15, -0.1) is 0 Å². The zero-order valence-electron chi connectivity index (χ0n) is 17.7. The zero-order valence-corrected chi connectivity index (χ0v) is 17.7. The van der Waals surface area contributed by atoms with Crippen LogP contribution in [-0.2, 0) is 6.61 Å². The molecule has 164 valence electrons. The van der Waals surface area contributed by atoms with Crippen LogP contribution in [0.2, 0.25) is 0 Å². The van der Waals surface area contributed by atoms with Crippen molar-refractivity contribution >= 4 is 22.7 Å². The Bertz CT molecular complexity index is 1430. The average Bonchev–Trinajstić information content (AvgIpc) is 3.15. The van der Waals surface area contributed by atoms with Crippen molar-refractivity contribution in [1.82, 2.24) is 24.7 Å². The Labute approximate surface area is 188 Å². The molecule has 0 aliphatic heterocycles. The highest BCUT2D eigenvalue weighted by Crippen LogP contribution is 2.37. The number of nitrogens with zero attached hydrogens (tertiary/aromatic N) is 5. The Hall–Kier alpha value is -4.53. The number of aromatic nitrogens is 5. The fourth-order valence-corrected chi connectivity index (χ4v) is 3.62. The fourth-order valence-electron chi connectivity index (χ4n) is 3.62. The summed E-state index contributed by atoms with van der Waals surface area (Å²) in [5, 5.41) is 5.40. The molecule has 0 saturated heterocycles. The Kier molecular flexibility index (Phi) is 5.06. The van der Waals surface area contributed by atoms with E-state index in [4.69, 9.17) is 21.3 Å². The maximum atomic E-state index is 13.3. The van der Waals surface area contributed by atoms with E-state index in [-0.39, 0.29) is 24.1 Å². The lowest BCUT2D eigenvalue weighted by molar-refractivity contribution is 0.310. The van der Waals surface area contributed by atoms with Gasteiger partial charge < -0.3 is 16.2 Å². The molecule has 0 bridgehead atoms. The maximum Gasteiger partial charge on any atom is 0.169 e. The van der Waals surface area contributed by atoms with E-state index >= 15 is 0 Å². The van der Waals surface area contributed by atoms with Crippen LogP contribution in [0, 0.1) is 12.7 Å². The van der Waals surface area contributed by atoms with Gasteiger partial charge in [0.05, 0.1) is 22.3 Å². The van der Waals surface area contributed by atoms with E-state index in [2.05, 4.69) is 15.0 Å². The third-order valence-corrected chi connectivity index (χ3v) is 5.13. The normalized spacial score (nSPS) is 11.1. The van der Waals surface area contributed by atoms with E-state index in [0.29, 0.717) is 33.9 Å². The zero-order chi connectivity index (χ0) is 22.9. The van der Waals surface area contributed by atoms with Crippen molar-refractivity contribution in [1.29, 1.82) is 0 Å². The van der Waals surface area contributed by atoms with Gasteiger partial charge in [0.25, 0.3) is 0 Å². The van der Waals surface area contributed by atoms with Gasteiger partial charge in [0.15, 0.2) is 11.5 Å². The number of hydrogen-bond donors (Lipinski definition) is 2. The summed E-state index contributed by atoms with van der Waals surface area (Å²) in [4.78, 5) is 13.3. The minimum Gasteiger partial charge on any atom is -0.487 e. The van der Waals surface area contributed by atoms with Crippen molar-refractivity contribution in [3.8, 4) is 22.8 Å². The second-order valence-electron chi connectivity index (χ2n) is 7.49. The molecule has 0 atom stereocenters. The van der Waals surface area contributed by atoms with Crippen molar-refractivity contribution in [2.75, 3.05) is 11.5 Å². The maximum absolute atomic E-state index is 13.3. The first-order valence-corrected chi connectivity index (χ1v) is 10.2. The second kappa shape index (κ2) is 8.19. The van der Waals surface area contributed by atoms with Gasteiger partial charge in [-0.25, -0.2) is 24.0 Å². The van der Waals surface area contributed by atoms with E-state index < -0.39 is 0 Å². The van der Waals surface area contributed by atoms with Gasteiger partial charge in [-0.05, 0) is 36.8 Å². The van der Waals surface area contributed by atoms with E-state index in [9.17, 15) is 4.39 Å². The number of para-hydroxylation sites is 1. The number of halogens is 1. The van der Waals surface area contributed by atoms with Crippen molar-refractivity contribution in [2.24, 2.45) is 0 Å². The molecule has 0 amide bonds. The van der Waals surface area contributed by atoms with Gasteiger partial charge in [0, 0.05) is 12.3 Å². The van der Waals surface area contributed by atoms with E-state index in [1.807, 2.05) is 37.3 Å². The number of hydrogen-bond acceptors (Lipinski definition) is 7. The van der Waals surface area contributed by atoms with Crippen molar-refractivity contribution in [3.63, 3.8) is 0 Å². The van der Waals surface area contributed by atoms with Gasteiger partial charge in [-0.3, -0.25) is 0 Å². The predicted octanol–water partition coefficient (Wildman–Crippen LogP) is 4.07. The van der Waals surface area contributed by atoms with Crippen molar-refractivity contribution in [2.45, 2.75) is 13.5 Å². The van der Waals surface area contributed by atoms with Crippen LogP contribution in [-0.4, -0.2) is 24.7 Å². The summed E-state index contributed by atoms with van der Waals surface area (Å²) >= 11 is 0. The topological polar surface area (TPSA) is 118 Å². The molecular weight excluding hydrogens is 421 g/mol. The van der Waals surface area contributed by atoms with E-state index in [1.165, 1.54) is 18.2 Å². The number of fused-ring (bicyclic) bond motifs is 1. The summed E-state index contributed by atoms with van der Waals surface area (Å²) in [5.41, 5.74) is 15.3. The molecular formula is C24H20FN7O. The highest BCUT2D eigenvalue weighted by molar-refractivity contribution is 5.92. The first-order chi connectivity index (χ1) is 16.0. The molecule has 9 heteroatoms. The first kappa shape index (κ1) is 20.4. The number of rotatable bonds is 5. The smallest absolute Gasteiger partial charge is 0.169 e. The monoisotopic (exact) mass is 441 g/mol. The summed E-state index contributed by atoms with van der Waals surface area (Å²) < 4.78 is 21.4. The Morgan fingerprint density at radius 2 is 1.67 bits per heavy atom. The predicted molar refractivity (Wildman–Crippen MR) is 124 cm³/mol. The van der Waals surface area contributed by atoms with Crippen LogP contribution in [0.5, 0.6) is 5.75 Å². The number of ether oxygens (including phenoxy) is 1. The number of pyridine rings is 1. The molecule has 2 aromatic carbocycles. The van der Waals surface area contributed by atoms with E-state index in [1.54, 1.807) is 23.0 Å². The fraction of sp³-hybridized carbons (Fsp3) is 0.0833. The average molecular weight is 441 g/mol. The molecule has 3 heterocycles. The van der Waals surface area contributed by atoms with E-state index in [0.717, 1.165) is 11.3 Å². The van der Waals surface area contributed by atoms with Gasteiger partial charge in [-0.1, -0.05) is 30.3 Å². The lowest BCUT2D eigenvalue weighted by Gasteiger charge is -2.13. The first-order valence-electron chi connectivity index (χ1n) is 10.2. The number of nitrogen functional groups attached to an aromatic ring is 2.